The summed E-state index contributed by atoms with van der Waals surface area (Å²) in [5.41, 5.74) is 4.20. The van der Waals surface area contributed by atoms with Gasteiger partial charge in [-0.1, -0.05) is 13.8 Å². The molecule has 38 heavy (non-hydrogen) atoms. The lowest BCUT2D eigenvalue weighted by Gasteiger charge is -2.18. The molecule has 0 bridgehead atoms. The number of nitrogens with zero attached hydrogens (tertiary/aromatic N) is 1. The predicted octanol–water partition coefficient (Wildman–Crippen LogP) is 2.29. The van der Waals surface area contributed by atoms with Gasteiger partial charge in [0, 0.05) is 35.7 Å². The highest BCUT2D eigenvalue weighted by atomic mass is 19.1. The first kappa shape index (κ1) is 30.2. The molecule has 2 aromatic rings. The topological polar surface area (TPSA) is 161 Å². The number of halogens is 1. The van der Waals surface area contributed by atoms with Crippen molar-refractivity contribution in [3.63, 3.8) is 0 Å². The highest BCUT2D eigenvalue weighted by molar-refractivity contribution is 6.34. The largest absolute Gasteiger partial charge is 0.481 e. The Kier molecular flexibility index (Phi) is 11.2. The molecule has 0 saturated carbocycles. The average Bonchev–Trinajstić information content (AvgIpc) is 3.31. The Balaban J connectivity index is 0.000000484. The molecule has 3 rings (SSSR count). The van der Waals surface area contributed by atoms with E-state index in [1.165, 1.54) is 12.1 Å². The second kappa shape index (κ2) is 14.1. The molecule has 11 nitrogen and oxygen atoms in total. The number of aliphatic carboxylic acids is 1. The van der Waals surface area contributed by atoms with Crippen molar-refractivity contribution in [2.24, 2.45) is 0 Å². The molecule has 0 radical (unpaired) electrons. The standard InChI is InChI=1S/C22H27FN4O2.C4H6O5/c1-5-27(6-2)10-9-24-22(29)20-13(3)19(25-14(20)4)12-17-16-11-15(23)7-8-18(16)26-21(17)28;5-2-9-4(8)1-3(6)7/h7-8,11-12,25H,5-6,9-10H2,1-4H3,(H,24,29)(H,26,28);2,4,8H,1H2,(H,6,7)/b17-12-;/t;4-/m.1/s1. The SMILES string of the molecule is CCN(CC)CCNC(=O)c1c(C)[nH]c(/C=C2\C(=O)Nc3ccc(F)cc32)c1C.O=CO[C@@H](O)CC(=O)O. The molecule has 12 heteroatoms. The zero-order valence-corrected chi connectivity index (χ0v) is 21.8. The van der Waals surface area contributed by atoms with Gasteiger partial charge in [0.2, 0.25) is 6.29 Å². The minimum absolute atomic E-state index is 0.00634. The number of nitrogens with one attached hydrogen (secondary N) is 3. The first-order chi connectivity index (χ1) is 18.0. The molecule has 0 aliphatic carbocycles. The second-order valence-corrected chi connectivity index (χ2v) is 8.43. The number of aromatic amines is 1. The van der Waals surface area contributed by atoms with Crippen LogP contribution in [0.25, 0.3) is 11.6 Å². The highest BCUT2D eigenvalue weighted by Crippen LogP contribution is 2.34. The number of fused-ring (bicyclic) bond motifs is 1. The van der Waals surface area contributed by atoms with E-state index >= 15 is 0 Å². The fourth-order valence-electron chi connectivity index (χ4n) is 3.92. The van der Waals surface area contributed by atoms with Crippen molar-refractivity contribution in [1.82, 2.24) is 15.2 Å². The van der Waals surface area contributed by atoms with Gasteiger partial charge in [-0.05, 0) is 56.8 Å². The maximum Gasteiger partial charge on any atom is 0.309 e. The van der Waals surface area contributed by atoms with Crippen molar-refractivity contribution >= 4 is 41.6 Å². The Morgan fingerprint density at radius 1 is 1.24 bits per heavy atom. The molecule has 1 aliphatic heterocycles. The van der Waals surface area contributed by atoms with Crippen LogP contribution in [-0.4, -0.2) is 76.8 Å². The van der Waals surface area contributed by atoms with Gasteiger partial charge in [-0.2, -0.15) is 0 Å². The van der Waals surface area contributed by atoms with Gasteiger partial charge in [-0.15, -0.1) is 0 Å². The number of hydrogen-bond acceptors (Lipinski definition) is 7. The van der Waals surface area contributed by atoms with E-state index in [1.54, 1.807) is 12.1 Å². The number of aliphatic hydroxyl groups excluding tert-OH is 1. The Morgan fingerprint density at radius 3 is 2.53 bits per heavy atom. The number of ether oxygens (including phenoxy) is 1. The molecule has 1 aromatic heterocycles. The van der Waals surface area contributed by atoms with Gasteiger partial charge >= 0.3 is 5.97 Å². The van der Waals surface area contributed by atoms with Gasteiger partial charge in [0.1, 0.15) is 12.2 Å². The van der Waals surface area contributed by atoms with Crippen molar-refractivity contribution in [1.29, 1.82) is 0 Å². The third kappa shape index (κ3) is 7.98. The maximum absolute atomic E-state index is 13.7. The number of anilines is 1. The van der Waals surface area contributed by atoms with Crippen molar-refractivity contribution in [3.8, 4) is 0 Å². The normalized spacial score (nSPS) is 13.9. The van der Waals surface area contributed by atoms with Crippen LogP contribution >= 0.6 is 0 Å². The predicted molar refractivity (Wildman–Crippen MR) is 139 cm³/mol. The molecule has 5 N–H and O–H groups in total. The van der Waals surface area contributed by atoms with E-state index in [-0.39, 0.29) is 18.3 Å². The summed E-state index contributed by atoms with van der Waals surface area (Å²) in [5.74, 6) is -2.05. The third-order valence-electron chi connectivity index (χ3n) is 5.93. The number of benzene rings is 1. The van der Waals surface area contributed by atoms with Crippen molar-refractivity contribution in [2.75, 3.05) is 31.5 Å². The summed E-state index contributed by atoms with van der Waals surface area (Å²) in [6.07, 6.45) is -0.436. The summed E-state index contributed by atoms with van der Waals surface area (Å²) in [7, 11) is 0. The number of hydrogen-bond donors (Lipinski definition) is 5. The number of amides is 2. The number of likely N-dealkylation sites (N-methyl/N-ethyl adjacent to an activating group) is 1. The lowest BCUT2D eigenvalue weighted by Crippen LogP contribution is -2.35. The van der Waals surface area contributed by atoms with E-state index in [1.807, 2.05) is 13.8 Å². The first-order valence-corrected chi connectivity index (χ1v) is 12.0. The molecule has 0 spiro atoms. The number of carboxylic acid groups (broad SMARTS) is 1. The maximum atomic E-state index is 13.7. The third-order valence-corrected chi connectivity index (χ3v) is 5.93. The number of aliphatic hydroxyl groups is 1. The fourth-order valence-corrected chi connectivity index (χ4v) is 3.92. The molecule has 0 fully saturated rings. The van der Waals surface area contributed by atoms with Crippen LogP contribution in [0.5, 0.6) is 0 Å². The lowest BCUT2D eigenvalue weighted by atomic mass is 10.0. The zero-order chi connectivity index (χ0) is 28.4. The molecule has 1 aromatic carbocycles. The monoisotopic (exact) mass is 532 g/mol. The highest BCUT2D eigenvalue weighted by Gasteiger charge is 2.26. The fraction of sp³-hybridized carbons (Fsp3) is 0.385. The number of H-pyrrole nitrogens is 1. The van der Waals surface area contributed by atoms with E-state index in [0.29, 0.717) is 34.6 Å². The summed E-state index contributed by atoms with van der Waals surface area (Å²) in [4.78, 5) is 49.6. The summed E-state index contributed by atoms with van der Waals surface area (Å²) < 4.78 is 17.5. The second-order valence-electron chi connectivity index (χ2n) is 8.43. The van der Waals surface area contributed by atoms with Crippen LogP contribution in [0.4, 0.5) is 10.1 Å². The number of aryl methyl sites for hydroxylation is 1. The van der Waals surface area contributed by atoms with Gasteiger partial charge in [-0.3, -0.25) is 19.2 Å². The van der Waals surface area contributed by atoms with Crippen LogP contribution < -0.4 is 10.6 Å². The molecular formula is C26H33FN4O7. The Labute approximate surface area is 219 Å². The van der Waals surface area contributed by atoms with Gasteiger partial charge in [0.25, 0.3) is 18.3 Å². The molecule has 1 aliphatic rings. The Bertz CT molecular complexity index is 1200. The Hall–Kier alpha value is -4.03. The number of carbonyl (C=O) groups is 4. The first-order valence-electron chi connectivity index (χ1n) is 12.0. The molecule has 2 amide bonds. The molecule has 0 saturated heterocycles. The van der Waals surface area contributed by atoms with Crippen molar-refractivity contribution in [2.45, 2.75) is 40.4 Å². The van der Waals surface area contributed by atoms with Gasteiger partial charge in [0.05, 0.1) is 11.1 Å². The molecule has 206 valence electrons. The molecule has 2 heterocycles. The van der Waals surface area contributed by atoms with Crippen LogP contribution in [0, 0.1) is 19.7 Å². The van der Waals surface area contributed by atoms with Crippen LogP contribution in [0.15, 0.2) is 18.2 Å². The van der Waals surface area contributed by atoms with Crippen LogP contribution in [0.1, 0.15) is 53.1 Å². The van der Waals surface area contributed by atoms with E-state index in [0.717, 1.165) is 30.9 Å². The van der Waals surface area contributed by atoms with Gasteiger partial charge in [-0.25, -0.2) is 4.39 Å². The quantitative estimate of drug-likeness (QED) is 0.167. The van der Waals surface area contributed by atoms with Crippen LogP contribution in [0.2, 0.25) is 0 Å². The number of aromatic nitrogens is 1. The van der Waals surface area contributed by atoms with E-state index in [9.17, 15) is 23.6 Å². The van der Waals surface area contributed by atoms with E-state index in [2.05, 4.69) is 39.1 Å². The smallest absolute Gasteiger partial charge is 0.309 e. The minimum Gasteiger partial charge on any atom is -0.481 e. The van der Waals surface area contributed by atoms with Gasteiger partial charge < -0.3 is 35.5 Å². The van der Waals surface area contributed by atoms with Crippen LogP contribution in [0.3, 0.4) is 0 Å². The molecule has 1 atom stereocenters. The number of carbonyl (C=O) groups excluding carboxylic acids is 3. The Morgan fingerprint density at radius 2 is 1.92 bits per heavy atom. The summed E-state index contributed by atoms with van der Waals surface area (Å²) in [6.45, 7) is 11.1. The van der Waals surface area contributed by atoms with Crippen molar-refractivity contribution in [3.05, 3.63) is 52.1 Å². The van der Waals surface area contributed by atoms with Crippen LogP contribution in [-0.2, 0) is 19.1 Å². The van der Waals surface area contributed by atoms with Crippen molar-refractivity contribution < 1.29 is 38.5 Å². The summed E-state index contributed by atoms with van der Waals surface area (Å²) in [5, 5.41) is 22.0. The van der Waals surface area contributed by atoms with Gasteiger partial charge in [0.15, 0.2) is 0 Å². The van der Waals surface area contributed by atoms with E-state index in [4.69, 9.17) is 10.2 Å². The summed E-state index contributed by atoms with van der Waals surface area (Å²) >= 11 is 0. The lowest BCUT2D eigenvalue weighted by molar-refractivity contribution is -0.160. The zero-order valence-electron chi connectivity index (χ0n) is 21.8. The molecule has 0 unspecified atom stereocenters. The summed E-state index contributed by atoms with van der Waals surface area (Å²) in [6, 6.07) is 4.20. The minimum atomic E-state index is -1.53. The molecular weight excluding hydrogens is 499 g/mol. The average molecular weight is 533 g/mol. The van der Waals surface area contributed by atoms with E-state index < -0.39 is 24.5 Å². The number of carboxylic acids is 1. The number of rotatable bonds is 11.